The van der Waals surface area contributed by atoms with Crippen molar-refractivity contribution in [1.29, 1.82) is 0 Å². The van der Waals surface area contributed by atoms with Gasteiger partial charge in [0.25, 0.3) is 0 Å². The van der Waals surface area contributed by atoms with E-state index < -0.39 is 40.4 Å². The average molecular weight is 691 g/mol. The zero-order chi connectivity index (χ0) is 30.5. The van der Waals surface area contributed by atoms with Crippen molar-refractivity contribution in [2.45, 2.75) is 133 Å². The number of rotatable bonds is 6. The van der Waals surface area contributed by atoms with E-state index in [0.717, 1.165) is 0 Å². The van der Waals surface area contributed by atoms with Gasteiger partial charge in [-0.05, 0) is 70.5 Å². The molecule has 0 aromatic rings. The summed E-state index contributed by atoms with van der Waals surface area (Å²) in [5, 5.41) is 0. The molecule has 0 unspecified atom stereocenters. The van der Waals surface area contributed by atoms with Gasteiger partial charge in [-0.3, -0.25) is 0 Å². The first-order chi connectivity index (χ1) is 16.4. The van der Waals surface area contributed by atoms with E-state index >= 15 is 0 Å². The van der Waals surface area contributed by atoms with Gasteiger partial charge in [0.15, 0.2) is 0 Å². The van der Waals surface area contributed by atoms with Crippen LogP contribution in [-0.4, -0.2) is 40.4 Å². The molecule has 0 N–H and O–H groups in total. The third-order valence-corrected chi connectivity index (χ3v) is 22.3. The third kappa shape index (κ3) is 12.6. The molecule has 39 heavy (non-hydrogen) atoms. The summed E-state index contributed by atoms with van der Waals surface area (Å²) < 4.78 is 0. The van der Waals surface area contributed by atoms with Crippen LogP contribution in [0.15, 0.2) is 0 Å². The Morgan fingerprint density at radius 1 is 0.436 bits per heavy atom. The Morgan fingerprint density at radius 2 is 0.667 bits per heavy atom. The third-order valence-electron chi connectivity index (χ3n) is 7.34. The Labute approximate surface area is 280 Å². The fraction of sp³-hybridized carbons (Fsp3) is 0.667. The first-order valence-electron chi connectivity index (χ1n) is 14.9. The summed E-state index contributed by atoms with van der Waals surface area (Å²) in [4.78, 5) is 0. The molecule has 11 radical (unpaired) electrons. The van der Waals surface area contributed by atoms with E-state index in [4.69, 9.17) is 0 Å². The first-order valence-corrected chi connectivity index (χ1v) is 32.0. The van der Waals surface area contributed by atoms with Gasteiger partial charge < -0.3 is 5.67 Å². The Morgan fingerprint density at radius 3 is 0.821 bits per heavy atom. The molecule has 0 aromatic heterocycles. The fourth-order valence-corrected chi connectivity index (χ4v) is 25.9. The first kappa shape index (κ1) is 41.2. The maximum Gasteiger partial charge on any atom is 0.0618 e. The van der Waals surface area contributed by atoms with Crippen molar-refractivity contribution < 1.29 is 32.7 Å². The Hall–Kier alpha value is 2.19. The maximum atomic E-state index is 2.65. The van der Waals surface area contributed by atoms with Crippen LogP contribution < -0.4 is 0 Å². The van der Waals surface area contributed by atoms with Crippen LogP contribution in [0, 0.1) is 76.2 Å². The monoisotopic (exact) mass is 690 g/mol. The van der Waals surface area contributed by atoms with Crippen molar-refractivity contribution in [3.8, 4) is 0 Å². The molecule has 2 aliphatic rings. The summed E-state index contributed by atoms with van der Waals surface area (Å²) in [6, 6.07) is 0. The molecule has 2 fully saturated rings. The second kappa shape index (κ2) is 13.7. The second-order valence-electron chi connectivity index (χ2n) is 18.6. The predicted octanol–water partition coefficient (Wildman–Crippen LogP) is 10.9. The zero-order valence-corrected chi connectivity index (χ0v) is 37.8. The van der Waals surface area contributed by atoms with Crippen LogP contribution in [0.25, 0.3) is 0 Å². The van der Waals surface area contributed by atoms with E-state index in [0.29, 0.717) is 0 Å². The van der Waals surface area contributed by atoms with Crippen LogP contribution in [-0.2, 0) is 32.7 Å². The van der Waals surface area contributed by atoms with E-state index in [1.54, 1.807) is 22.2 Å². The van der Waals surface area contributed by atoms with Crippen LogP contribution in [0.3, 0.4) is 0 Å². The summed E-state index contributed by atoms with van der Waals surface area (Å²) in [6.45, 7) is 49.0. The summed E-state index contributed by atoms with van der Waals surface area (Å²) in [5.41, 5.74) is 9.92. The summed E-state index contributed by atoms with van der Waals surface area (Å²) in [6.07, 6.45) is 10.4. The molecule has 6 heteroatoms. The molecular formula is C33H65Si5Y-. The molecule has 0 heterocycles. The van der Waals surface area contributed by atoms with Crippen molar-refractivity contribution >= 4 is 40.4 Å². The number of hydrogen-bond acceptors (Lipinski definition) is 0. The molecule has 2 rings (SSSR count). The van der Waals surface area contributed by atoms with E-state index in [1.807, 2.05) is 0 Å². The molecule has 0 amide bonds. The second-order valence-corrected chi connectivity index (χ2v) is 43.7. The molecule has 0 spiro atoms. The van der Waals surface area contributed by atoms with Gasteiger partial charge in [0, 0.05) is 32.7 Å². The minimum atomic E-state index is -1.81. The molecule has 221 valence electrons. The standard InChI is InChI=1S/C26H46Si3.C7H19Si2.Y/c1-25(2,3)19-15-21(27(7,8)9)23(17-19)29(13,14)24-18-20(26(4,5)6)16-22(24)28(10,11)12;1-8(2,3)7-9(4,5)6;/h15-18H,1-14H3;7H,1-6H3;/q;-1;. The van der Waals surface area contributed by atoms with Gasteiger partial charge in [-0.2, -0.15) is 0 Å². The molecular weight excluding hydrogens is 626 g/mol. The Kier molecular flexibility index (Phi) is 14.4. The van der Waals surface area contributed by atoms with E-state index in [1.165, 1.54) is 11.8 Å². The minimum absolute atomic E-state index is 0. The SMILES string of the molecule is CC(C)(C)[C]1[CH][C]([Si](C)(C)C)[C]([Si](C)(C)[C]2[CH][C](C(C)(C)C)[CH][C]2[Si](C)(C)C)[CH]1.C[Si](C)(C)[CH-][Si](C)(C)C.[Y]. The van der Waals surface area contributed by atoms with Gasteiger partial charge in [-0.15, -0.1) is 16.1 Å². The smallest absolute Gasteiger partial charge is 0.0618 e. The van der Waals surface area contributed by atoms with Crippen molar-refractivity contribution in [3.05, 3.63) is 65.4 Å². The molecule has 2 aliphatic carbocycles. The maximum absolute atomic E-state index is 2.65. The summed E-state index contributed by atoms with van der Waals surface area (Å²) in [7, 11) is -6.37. The van der Waals surface area contributed by atoms with Crippen LogP contribution in [0.5, 0.6) is 0 Å². The van der Waals surface area contributed by atoms with Crippen molar-refractivity contribution in [3.63, 3.8) is 0 Å². The summed E-state index contributed by atoms with van der Waals surface area (Å²) >= 11 is 0. The van der Waals surface area contributed by atoms with Gasteiger partial charge in [0.2, 0.25) is 0 Å². The van der Waals surface area contributed by atoms with Gasteiger partial charge in [-0.1, -0.05) is 133 Å². The molecule has 0 bridgehead atoms. The van der Waals surface area contributed by atoms with Crippen LogP contribution in [0.2, 0.25) is 91.7 Å². The van der Waals surface area contributed by atoms with Gasteiger partial charge in [-0.25, -0.2) is 0 Å². The van der Waals surface area contributed by atoms with Gasteiger partial charge in [0.1, 0.15) is 0 Å². The summed E-state index contributed by atoms with van der Waals surface area (Å²) in [5.74, 6) is 3.06. The van der Waals surface area contributed by atoms with Gasteiger partial charge in [0.05, 0.1) is 24.2 Å². The van der Waals surface area contributed by atoms with E-state index in [2.05, 4.69) is 165 Å². The van der Waals surface area contributed by atoms with Crippen LogP contribution >= 0.6 is 0 Å². The largest absolute Gasteiger partial charge is 0.327 e. The molecule has 0 saturated heterocycles. The van der Waals surface area contributed by atoms with E-state index in [-0.39, 0.29) is 43.5 Å². The van der Waals surface area contributed by atoms with Crippen LogP contribution in [0.1, 0.15) is 41.5 Å². The zero-order valence-electron chi connectivity index (χ0n) is 30.0. The predicted molar refractivity (Wildman–Crippen MR) is 191 cm³/mol. The van der Waals surface area contributed by atoms with Crippen molar-refractivity contribution in [1.82, 2.24) is 0 Å². The quantitative estimate of drug-likeness (QED) is 0.192. The van der Waals surface area contributed by atoms with Crippen molar-refractivity contribution in [2.75, 3.05) is 0 Å². The average Bonchev–Trinajstić information content (AvgIpc) is 3.23. The fourth-order valence-electron chi connectivity index (χ4n) is 5.60. The van der Waals surface area contributed by atoms with Crippen molar-refractivity contribution in [2.24, 2.45) is 10.8 Å². The molecule has 0 nitrogen and oxygen atoms in total. The Bertz CT molecular complexity index is 688. The topological polar surface area (TPSA) is 0 Å². The molecule has 0 aliphatic heterocycles. The van der Waals surface area contributed by atoms with Crippen LogP contribution in [0.4, 0.5) is 0 Å². The molecule has 2 saturated carbocycles. The molecule has 0 atom stereocenters. The van der Waals surface area contributed by atoms with Gasteiger partial charge >= 0.3 is 0 Å². The van der Waals surface area contributed by atoms with E-state index in [9.17, 15) is 0 Å². The number of hydrogen-bond donors (Lipinski definition) is 0. The Balaban J connectivity index is 0.00000124. The normalized spacial score (nSPS) is 21.2. The molecule has 0 aromatic carbocycles. The minimum Gasteiger partial charge on any atom is -0.327 e.